The summed E-state index contributed by atoms with van der Waals surface area (Å²) in [7, 11) is 0. The second-order valence-corrected chi connectivity index (χ2v) is 6.51. The second kappa shape index (κ2) is 6.51. The van der Waals surface area contributed by atoms with Crippen LogP contribution in [0.15, 0.2) is 24.4 Å². The van der Waals surface area contributed by atoms with Crippen LogP contribution in [0.25, 0.3) is 10.9 Å². The highest BCUT2D eigenvalue weighted by atomic mass is 19.1. The van der Waals surface area contributed by atoms with Gasteiger partial charge in [-0.15, -0.1) is 0 Å². The number of halogens is 1. The summed E-state index contributed by atoms with van der Waals surface area (Å²) in [6.45, 7) is 8.72. The van der Waals surface area contributed by atoms with E-state index in [0.717, 1.165) is 29.3 Å². The maximum absolute atomic E-state index is 13.5. The van der Waals surface area contributed by atoms with Crippen molar-refractivity contribution in [3.63, 3.8) is 0 Å². The molecule has 2 rings (SSSR count). The fourth-order valence-electron chi connectivity index (χ4n) is 2.86. The van der Waals surface area contributed by atoms with Gasteiger partial charge in [0.2, 0.25) is 5.91 Å². The lowest BCUT2D eigenvalue weighted by atomic mass is 9.84. The summed E-state index contributed by atoms with van der Waals surface area (Å²) in [6, 6.07) is 4.74. The minimum Gasteiger partial charge on any atom is -0.361 e. The Morgan fingerprint density at radius 3 is 2.64 bits per heavy atom. The first-order valence-corrected chi connectivity index (χ1v) is 7.93. The van der Waals surface area contributed by atoms with E-state index in [4.69, 9.17) is 0 Å². The number of fused-ring (bicyclic) bond motifs is 1. The van der Waals surface area contributed by atoms with Crippen molar-refractivity contribution in [3.05, 3.63) is 35.8 Å². The Morgan fingerprint density at radius 1 is 1.32 bits per heavy atom. The van der Waals surface area contributed by atoms with Gasteiger partial charge >= 0.3 is 0 Å². The second-order valence-electron chi connectivity index (χ2n) is 6.51. The van der Waals surface area contributed by atoms with Crippen LogP contribution in [0.1, 0.15) is 46.1 Å². The zero-order chi connectivity index (χ0) is 16.3. The minimum absolute atomic E-state index is 0.0659. The molecule has 2 N–H and O–H groups in total. The van der Waals surface area contributed by atoms with Crippen molar-refractivity contribution in [2.75, 3.05) is 6.54 Å². The highest BCUT2D eigenvalue weighted by molar-refractivity contribution is 5.84. The molecule has 0 unspecified atom stereocenters. The van der Waals surface area contributed by atoms with Crippen molar-refractivity contribution >= 4 is 16.8 Å². The van der Waals surface area contributed by atoms with E-state index in [-0.39, 0.29) is 23.1 Å². The molecule has 1 amide bonds. The summed E-state index contributed by atoms with van der Waals surface area (Å²) in [5.74, 6) is -0.0782. The van der Waals surface area contributed by atoms with Crippen LogP contribution >= 0.6 is 0 Å². The van der Waals surface area contributed by atoms with Crippen LogP contribution in [-0.2, 0) is 10.2 Å². The predicted molar refractivity (Wildman–Crippen MR) is 88.4 cm³/mol. The zero-order valence-corrected chi connectivity index (χ0v) is 13.8. The Kier molecular flexibility index (Phi) is 4.89. The zero-order valence-electron chi connectivity index (χ0n) is 13.8. The molecular formula is C18H25FN2O. The van der Waals surface area contributed by atoms with E-state index >= 15 is 0 Å². The molecule has 0 radical (unpaired) electrons. The van der Waals surface area contributed by atoms with Gasteiger partial charge in [-0.2, -0.15) is 0 Å². The van der Waals surface area contributed by atoms with Gasteiger partial charge < -0.3 is 10.3 Å². The van der Waals surface area contributed by atoms with Crippen molar-refractivity contribution in [2.45, 2.75) is 46.0 Å². The van der Waals surface area contributed by atoms with E-state index in [1.807, 2.05) is 20.0 Å². The number of hydrogen-bond donors (Lipinski definition) is 2. The Labute approximate surface area is 131 Å². The van der Waals surface area contributed by atoms with Crippen LogP contribution in [0.5, 0.6) is 0 Å². The van der Waals surface area contributed by atoms with Crippen LogP contribution < -0.4 is 5.32 Å². The van der Waals surface area contributed by atoms with E-state index in [1.54, 1.807) is 12.1 Å². The highest BCUT2D eigenvalue weighted by Crippen LogP contribution is 2.30. The van der Waals surface area contributed by atoms with Crippen molar-refractivity contribution in [1.29, 1.82) is 0 Å². The summed E-state index contributed by atoms with van der Waals surface area (Å²) in [5.41, 5.74) is 1.66. The molecule has 4 heteroatoms. The molecule has 0 aliphatic heterocycles. The lowest BCUT2D eigenvalue weighted by Crippen LogP contribution is -2.39. The minimum atomic E-state index is -0.270. The molecule has 1 heterocycles. The molecule has 0 fully saturated rings. The van der Waals surface area contributed by atoms with Crippen LogP contribution in [0.2, 0.25) is 0 Å². The van der Waals surface area contributed by atoms with Crippen LogP contribution in [0.4, 0.5) is 4.39 Å². The first-order chi connectivity index (χ1) is 10.4. The number of rotatable bonds is 6. The van der Waals surface area contributed by atoms with Crippen LogP contribution in [0.3, 0.4) is 0 Å². The summed E-state index contributed by atoms with van der Waals surface area (Å²) in [6.07, 6.45) is 3.61. The molecule has 0 aliphatic rings. The van der Waals surface area contributed by atoms with Gasteiger partial charge in [0.05, 0.1) is 0 Å². The van der Waals surface area contributed by atoms with Crippen molar-refractivity contribution in [2.24, 2.45) is 5.92 Å². The number of benzene rings is 1. The van der Waals surface area contributed by atoms with Gasteiger partial charge in [-0.1, -0.05) is 27.7 Å². The van der Waals surface area contributed by atoms with Crippen molar-refractivity contribution in [3.8, 4) is 0 Å². The van der Waals surface area contributed by atoms with Crippen LogP contribution in [0, 0.1) is 11.7 Å². The fraction of sp³-hybridized carbons (Fsp3) is 0.500. The number of aromatic amines is 1. The lowest BCUT2D eigenvalue weighted by Gasteiger charge is -2.26. The first kappa shape index (κ1) is 16.5. The van der Waals surface area contributed by atoms with Gasteiger partial charge in [-0.25, -0.2) is 4.39 Å². The standard InChI is InChI=1S/C18H25FN2O/c1-5-12(6-2)17(22)21-11-18(3,4)15-10-20-16-8-7-13(19)9-14(15)16/h7-10,12,20H,5-6,11H2,1-4H3,(H,21,22). The molecule has 2 aromatic rings. The van der Waals surface area contributed by atoms with E-state index < -0.39 is 0 Å². The number of nitrogens with one attached hydrogen (secondary N) is 2. The van der Waals surface area contributed by atoms with Crippen molar-refractivity contribution < 1.29 is 9.18 Å². The molecule has 0 saturated heterocycles. The number of carbonyl (C=O) groups is 1. The third-order valence-electron chi connectivity index (χ3n) is 4.43. The first-order valence-electron chi connectivity index (χ1n) is 7.93. The Hall–Kier alpha value is -1.84. The van der Waals surface area contributed by atoms with Crippen molar-refractivity contribution in [1.82, 2.24) is 10.3 Å². The molecule has 0 bridgehead atoms. The molecule has 0 aliphatic carbocycles. The smallest absolute Gasteiger partial charge is 0.223 e. The number of amides is 1. The number of aromatic nitrogens is 1. The molecule has 0 saturated carbocycles. The fourth-order valence-corrected chi connectivity index (χ4v) is 2.86. The third-order valence-corrected chi connectivity index (χ3v) is 4.43. The van der Waals surface area contributed by atoms with Gasteiger partial charge in [-0.3, -0.25) is 4.79 Å². The molecule has 3 nitrogen and oxygen atoms in total. The third kappa shape index (κ3) is 3.32. The summed E-state index contributed by atoms with van der Waals surface area (Å²) >= 11 is 0. The Bertz CT molecular complexity index is 656. The summed E-state index contributed by atoms with van der Waals surface area (Å²) in [5, 5.41) is 3.92. The van der Waals surface area contributed by atoms with Crippen LogP contribution in [-0.4, -0.2) is 17.4 Å². The Balaban J connectivity index is 2.18. The molecule has 1 aromatic heterocycles. The quantitative estimate of drug-likeness (QED) is 0.828. The SMILES string of the molecule is CCC(CC)C(=O)NCC(C)(C)c1c[nH]c2ccc(F)cc12. The molecule has 0 atom stereocenters. The normalized spacial score (nSPS) is 12.1. The Morgan fingerprint density at radius 2 is 2.00 bits per heavy atom. The molecule has 120 valence electrons. The monoisotopic (exact) mass is 304 g/mol. The maximum Gasteiger partial charge on any atom is 0.223 e. The topological polar surface area (TPSA) is 44.9 Å². The highest BCUT2D eigenvalue weighted by Gasteiger charge is 2.26. The molecule has 1 aromatic carbocycles. The average molecular weight is 304 g/mol. The van der Waals surface area contributed by atoms with Gasteiger partial charge in [0.15, 0.2) is 0 Å². The number of hydrogen-bond acceptors (Lipinski definition) is 1. The van der Waals surface area contributed by atoms with Gasteiger partial charge in [0.25, 0.3) is 0 Å². The van der Waals surface area contributed by atoms with Gasteiger partial charge in [0.1, 0.15) is 5.82 Å². The molecule has 22 heavy (non-hydrogen) atoms. The largest absolute Gasteiger partial charge is 0.361 e. The molecular weight excluding hydrogens is 279 g/mol. The lowest BCUT2D eigenvalue weighted by molar-refractivity contribution is -0.125. The van der Waals surface area contributed by atoms with E-state index in [9.17, 15) is 9.18 Å². The number of H-pyrrole nitrogens is 1. The maximum atomic E-state index is 13.5. The summed E-state index contributed by atoms with van der Waals surface area (Å²) < 4.78 is 13.5. The van der Waals surface area contributed by atoms with E-state index in [1.165, 1.54) is 6.07 Å². The molecule has 0 spiro atoms. The average Bonchev–Trinajstić information content (AvgIpc) is 2.90. The van der Waals surface area contributed by atoms with E-state index in [0.29, 0.717) is 6.54 Å². The number of carbonyl (C=O) groups excluding carboxylic acids is 1. The summed E-state index contributed by atoms with van der Waals surface area (Å²) in [4.78, 5) is 15.3. The van der Waals surface area contributed by atoms with Gasteiger partial charge in [0, 0.05) is 35.0 Å². The predicted octanol–water partition coefficient (Wildman–Crippen LogP) is 4.14. The van der Waals surface area contributed by atoms with Gasteiger partial charge in [-0.05, 0) is 36.6 Å². The van der Waals surface area contributed by atoms with E-state index in [2.05, 4.69) is 24.1 Å².